The van der Waals surface area contributed by atoms with Gasteiger partial charge in [0, 0.05) is 0 Å². The van der Waals surface area contributed by atoms with E-state index in [1.807, 2.05) is 52.0 Å². The van der Waals surface area contributed by atoms with Crippen LogP contribution >= 0.6 is 0 Å². The summed E-state index contributed by atoms with van der Waals surface area (Å²) in [5.41, 5.74) is 0.973. The zero-order chi connectivity index (χ0) is 35.7. The van der Waals surface area contributed by atoms with Gasteiger partial charge in [0.1, 0.15) is 27.7 Å². The van der Waals surface area contributed by atoms with Gasteiger partial charge in [-0.25, -0.2) is 8.42 Å². The van der Waals surface area contributed by atoms with E-state index in [4.69, 9.17) is 9.47 Å². The second kappa shape index (κ2) is 13.6. The molecule has 0 aromatic heterocycles. The Hall–Kier alpha value is -3.75. The fourth-order valence-electron chi connectivity index (χ4n) is 5.23. The predicted octanol–water partition coefficient (Wildman–Crippen LogP) is 8.12. The number of sulfone groups is 1. The molecule has 0 aliphatic carbocycles. The zero-order valence-electron chi connectivity index (χ0n) is 27.6. The normalized spacial score (nSPS) is 12.9. The van der Waals surface area contributed by atoms with Crippen molar-refractivity contribution in [3.63, 3.8) is 0 Å². The lowest BCUT2D eigenvalue weighted by Crippen LogP contribution is -2.26. The lowest BCUT2D eigenvalue weighted by Gasteiger charge is -2.27. The summed E-state index contributed by atoms with van der Waals surface area (Å²) < 4.78 is 108. The summed E-state index contributed by atoms with van der Waals surface area (Å²) in [4.78, 5) is -2.42. The SMILES string of the molecule is CCCC(C)(C)c1ccc(S(=O)(=O)c2ccc(Oc3ccc(-c4ccc(OC(C)(C)CC)cc4)cc3)c(S(=O)(=O)O)c2)cc1S(=O)(=O)O. The molecule has 13 heteroatoms. The summed E-state index contributed by atoms with van der Waals surface area (Å²) >= 11 is 0. The largest absolute Gasteiger partial charge is 0.488 e. The van der Waals surface area contributed by atoms with E-state index >= 15 is 0 Å². The first-order valence-corrected chi connectivity index (χ1v) is 19.6. The molecule has 0 spiro atoms. The van der Waals surface area contributed by atoms with Crippen molar-refractivity contribution < 1.29 is 43.8 Å². The van der Waals surface area contributed by atoms with Gasteiger partial charge in [0.05, 0.1) is 14.7 Å². The van der Waals surface area contributed by atoms with Crippen LogP contribution in [0, 0.1) is 0 Å². The van der Waals surface area contributed by atoms with Crippen LogP contribution in [0.1, 0.15) is 66.4 Å². The summed E-state index contributed by atoms with van der Waals surface area (Å²) in [7, 11) is -14.4. The van der Waals surface area contributed by atoms with Crippen molar-refractivity contribution in [3.8, 4) is 28.4 Å². The molecule has 0 fully saturated rings. The van der Waals surface area contributed by atoms with E-state index in [9.17, 15) is 34.4 Å². The first-order valence-electron chi connectivity index (χ1n) is 15.2. The molecule has 4 aromatic carbocycles. The average molecular weight is 717 g/mol. The van der Waals surface area contributed by atoms with Crippen LogP contribution < -0.4 is 9.47 Å². The minimum atomic E-state index is -4.99. The molecule has 48 heavy (non-hydrogen) atoms. The van der Waals surface area contributed by atoms with Crippen LogP contribution in [0.5, 0.6) is 17.2 Å². The molecule has 0 saturated heterocycles. The highest BCUT2D eigenvalue weighted by Gasteiger charge is 2.31. The number of hydrogen-bond donors (Lipinski definition) is 2. The first-order chi connectivity index (χ1) is 22.2. The Morgan fingerprint density at radius 3 is 1.58 bits per heavy atom. The highest BCUT2D eigenvalue weighted by Crippen LogP contribution is 2.38. The summed E-state index contributed by atoms with van der Waals surface area (Å²) in [5.74, 6) is 0.618. The molecule has 0 atom stereocenters. The van der Waals surface area contributed by atoms with E-state index in [2.05, 4.69) is 0 Å². The van der Waals surface area contributed by atoms with Gasteiger partial charge in [-0.15, -0.1) is 0 Å². The number of rotatable bonds is 13. The van der Waals surface area contributed by atoms with Crippen LogP contribution in [0.3, 0.4) is 0 Å². The van der Waals surface area contributed by atoms with Gasteiger partial charge in [0.25, 0.3) is 20.2 Å². The van der Waals surface area contributed by atoms with Crippen LogP contribution in [0.15, 0.2) is 105 Å². The third-order valence-corrected chi connectivity index (χ3v) is 11.7. The summed E-state index contributed by atoms with van der Waals surface area (Å²) in [5, 5.41) is 0. The van der Waals surface area contributed by atoms with E-state index in [0.717, 1.165) is 47.6 Å². The molecule has 0 bridgehead atoms. The molecule has 4 aromatic rings. The smallest absolute Gasteiger partial charge is 0.298 e. The van der Waals surface area contributed by atoms with Crippen molar-refractivity contribution in [2.75, 3.05) is 0 Å². The second-order valence-electron chi connectivity index (χ2n) is 12.7. The zero-order valence-corrected chi connectivity index (χ0v) is 30.0. The van der Waals surface area contributed by atoms with E-state index < -0.39 is 55.1 Å². The van der Waals surface area contributed by atoms with E-state index in [0.29, 0.717) is 12.8 Å². The molecule has 4 rings (SSSR count). The fraction of sp³-hybridized carbons (Fsp3) is 0.314. The Labute approximate surface area is 283 Å². The van der Waals surface area contributed by atoms with Gasteiger partial charge in [0.2, 0.25) is 9.84 Å². The quantitative estimate of drug-likeness (QED) is 0.129. The molecule has 0 unspecified atom stereocenters. The van der Waals surface area contributed by atoms with Crippen LogP contribution in [-0.4, -0.2) is 40.0 Å². The average Bonchev–Trinajstić information content (AvgIpc) is 3.00. The molecule has 10 nitrogen and oxygen atoms in total. The van der Waals surface area contributed by atoms with Crippen LogP contribution in [0.2, 0.25) is 0 Å². The van der Waals surface area contributed by atoms with Crippen molar-refractivity contribution in [1.29, 1.82) is 0 Å². The minimum absolute atomic E-state index is 0.215. The third-order valence-electron chi connectivity index (χ3n) is 8.16. The maximum Gasteiger partial charge on any atom is 0.298 e. The van der Waals surface area contributed by atoms with Crippen molar-refractivity contribution in [3.05, 3.63) is 90.5 Å². The molecular weight excluding hydrogens is 677 g/mol. The third kappa shape index (κ3) is 8.45. The Morgan fingerprint density at radius 2 is 1.10 bits per heavy atom. The monoisotopic (exact) mass is 716 g/mol. The molecule has 258 valence electrons. The van der Waals surface area contributed by atoms with Gasteiger partial charge in [-0.05, 0) is 103 Å². The van der Waals surface area contributed by atoms with E-state index in [1.54, 1.807) is 38.1 Å². The molecule has 0 radical (unpaired) electrons. The van der Waals surface area contributed by atoms with Gasteiger partial charge in [-0.3, -0.25) is 9.11 Å². The maximum atomic E-state index is 13.6. The lowest BCUT2D eigenvalue weighted by atomic mass is 9.81. The summed E-state index contributed by atoms with van der Waals surface area (Å²) in [6.07, 6.45) is 2.11. The lowest BCUT2D eigenvalue weighted by molar-refractivity contribution is 0.105. The van der Waals surface area contributed by atoms with Crippen molar-refractivity contribution in [2.24, 2.45) is 0 Å². The molecule has 0 heterocycles. The van der Waals surface area contributed by atoms with Crippen molar-refractivity contribution in [1.82, 2.24) is 0 Å². The number of benzene rings is 4. The van der Waals surface area contributed by atoms with Crippen LogP contribution in [0.4, 0.5) is 0 Å². The first kappa shape index (κ1) is 37.1. The molecular formula is C35H40O10S3. The topological polar surface area (TPSA) is 161 Å². The van der Waals surface area contributed by atoms with Crippen molar-refractivity contribution >= 4 is 30.1 Å². The Kier molecular flexibility index (Phi) is 10.5. The predicted molar refractivity (Wildman–Crippen MR) is 183 cm³/mol. The molecule has 0 aliphatic rings. The molecule has 0 aliphatic heterocycles. The fourth-order valence-corrected chi connectivity index (χ4v) is 8.23. The summed E-state index contributed by atoms with van der Waals surface area (Å²) in [6.45, 7) is 11.5. The molecule has 0 saturated carbocycles. The van der Waals surface area contributed by atoms with Gasteiger partial charge >= 0.3 is 0 Å². The second-order valence-corrected chi connectivity index (χ2v) is 17.4. The Balaban J connectivity index is 1.65. The number of ether oxygens (including phenoxy) is 2. The van der Waals surface area contributed by atoms with Gasteiger partial charge in [0.15, 0.2) is 0 Å². The standard InChI is InChI=1S/C35H40O10S3/c1-7-21-34(3,4)30-19-17-28(22-32(30)47(38,39)40)46(36,37)29-18-20-31(33(23-29)48(41,42)43)44-26-13-9-24(10-14-26)25-11-15-27(16-12-25)45-35(5,6)8-2/h9-20,22-23H,7-8,21H2,1-6H3,(H,38,39,40)(H,41,42,43). The van der Waals surface area contributed by atoms with Crippen LogP contribution in [0.25, 0.3) is 11.1 Å². The molecule has 2 N–H and O–H groups in total. The maximum absolute atomic E-state index is 13.6. The Bertz CT molecular complexity index is 2120. The Morgan fingerprint density at radius 1 is 0.625 bits per heavy atom. The summed E-state index contributed by atoms with van der Waals surface area (Å²) in [6, 6.07) is 20.5. The molecule has 0 amide bonds. The van der Waals surface area contributed by atoms with Crippen molar-refractivity contribution in [2.45, 2.75) is 91.4 Å². The highest BCUT2D eigenvalue weighted by molar-refractivity contribution is 7.91. The number of hydrogen-bond acceptors (Lipinski definition) is 8. The van der Waals surface area contributed by atoms with Gasteiger partial charge in [-0.2, -0.15) is 16.8 Å². The van der Waals surface area contributed by atoms with Gasteiger partial charge < -0.3 is 9.47 Å². The van der Waals surface area contributed by atoms with E-state index in [-0.39, 0.29) is 22.7 Å². The van der Waals surface area contributed by atoms with Crippen LogP contribution in [-0.2, 0) is 35.5 Å². The highest BCUT2D eigenvalue weighted by atomic mass is 32.2. The van der Waals surface area contributed by atoms with Gasteiger partial charge in [-0.1, -0.05) is 64.4 Å². The van der Waals surface area contributed by atoms with E-state index in [1.165, 1.54) is 12.1 Å². The minimum Gasteiger partial charge on any atom is -0.488 e.